The number of ether oxygens (including phenoxy) is 1. The number of rotatable bonds is 1. The van der Waals surface area contributed by atoms with Gasteiger partial charge in [0.05, 0.1) is 7.11 Å². The van der Waals surface area contributed by atoms with Crippen molar-refractivity contribution >= 4 is 6.09 Å². The zero-order valence-corrected chi connectivity index (χ0v) is 8.38. The van der Waals surface area contributed by atoms with Crippen LogP contribution in [-0.4, -0.2) is 44.3 Å². The minimum atomic E-state index is -0.206. The summed E-state index contributed by atoms with van der Waals surface area (Å²) >= 11 is 0. The van der Waals surface area contributed by atoms with Gasteiger partial charge in [-0.2, -0.15) is 0 Å². The van der Waals surface area contributed by atoms with Gasteiger partial charge in [-0.1, -0.05) is 6.42 Å². The molecule has 76 valence electrons. The van der Waals surface area contributed by atoms with Crippen LogP contribution < -0.4 is 5.32 Å². The van der Waals surface area contributed by atoms with Gasteiger partial charge < -0.3 is 15.0 Å². The van der Waals surface area contributed by atoms with Gasteiger partial charge in [0.1, 0.15) is 0 Å². The minimum absolute atomic E-state index is 0.206. The summed E-state index contributed by atoms with van der Waals surface area (Å²) in [4.78, 5) is 13.0. The van der Waals surface area contributed by atoms with Crippen molar-refractivity contribution in [3.63, 3.8) is 0 Å². The van der Waals surface area contributed by atoms with Crippen LogP contribution in [0, 0.1) is 0 Å². The normalized spacial score (nSPS) is 23.8. The van der Waals surface area contributed by atoms with Gasteiger partial charge in [-0.25, -0.2) is 4.79 Å². The van der Waals surface area contributed by atoms with Crippen molar-refractivity contribution in [2.24, 2.45) is 0 Å². The molecule has 0 aliphatic carbocycles. The Morgan fingerprint density at radius 2 is 2.31 bits per heavy atom. The average Bonchev–Trinajstić information content (AvgIpc) is 2.41. The van der Waals surface area contributed by atoms with Gasteiger partial charge in [-0.3, -0.25) is 0 Å². The molecule has 0 saturated carbocycles. The average molecular weight is 186 g/mol. The van der Waals surface area contributed by atoms with E-state index in [4.69, 9.17) is 4.74 Å². The summed E-state index contributed by atoms with van der Waals surface area (Å²) in [6.07, 6.45) is 3.19. The molecule has 1 saturated heterocycles. The number of carbonyl (C=O) groups is 1. The lowest BCUT2D eigenvalue weighted by Crippen LogP contribution is -2.41. The van der Waals surface area contributed by atoms with E-state index in [2.05, 4.69) is 5.32 Å². The van der Waals surface area contributed by atoms with Crippen molar-refractivity contribution in [3.05, 3.63) is 0 Å². The molecule has 0 aromatic rings. The van der Waals surface area contributed by atoms with Crippen LogP contribution >= 0.6 is 0 Å². The van der Waals surface area contributed by atoms with E-state index in [-0.39, 0.29) is 6.09 Å². The molecular weight excluding hydrogens is 168 g/mol. The lowest BCUT2D eigenvalue weighted by molar-refractivity contribution is 0.122. The molecule has 0 aromatic carbocycles. The Labute approximate surface area is 79.2 Å². The lowest BCUT2D eigenvalue weighted by atomic mass is 10.1. The largest absolute Gasteiger partial charge is 0.453 e. The van der Waals surface area contributed by atoms with E-state index in [1.807, 2.05) is 7.05 Å². The highest BCUT2D eigenvalue weighted by atomic mass is 16.5. The van der Waals surface area contributed by atoms with E-state index in [1.54, 1.807) is 4.90 Å². The van der Waals surface area contributed by atoms with E-state index in [0.717, 1.165) is 25.9 Å². The number of amides is 1. The summed E-state index contributed by atoms with van der Waals surface area (Å²) in [6.45, 7) is 1.59. The minimum Gasteiger partial charge on any atom is -0.453 e. The van der Waals surface area contributed by atoms with Gasteiger partial charge >= 0.3 is 6.09 Å². The zero-order chi connectivity index (χ0) is 9.68. The van der Waals surface area contributed by atoms with Crippen molar-refractivity contribution in [1.82, 2.24) is 10.2 Å². The smallest absolute Gasteiger partial charge is 0.409 e. The molecule has 13 heavy (non-hydrogen) atoms. The van der Waals surface area contributed by atoms with Crippen LogP contribution in [-0.2, 0) is 4.74 Å². The van der Waals surface area contributed by atoms with Crippen molar-refractivity contribution in [1.29, 1.82) is 0 Å². The van der Waals surface area contributed by atoms with Crippen molar-refractivity contribution in [3.8, 4) is 0 Å². The molecule has 1 amide bonds. The predicted octanol–water partition coefficient (Wildman–Crippen LogP) is 0.827. The van der Waals surface area contributed by atoms with Crippen LogP contribution in [0.2, 0.25) is 0 Å². The fourth-order valence-electron chi connectivity index (χ4n) is 1.67. The van der Waals surface area contributed by atoms with Crippen molar-refractivity contribution in [2.45, 2.75) is 25.3 Å². The number of methoxy groups -OCH3 is 1. The molecule has 1 N–H and O–H groups in total. The molecule has 0 bridgehead atoms. The Morgan fingerprint density at radius 1 is 1.54 bits per heavy atom. The van der Waals surface area contributed by atoms with E-state index in [0.29, 0.717) is 6.04 Å². The molecule has 0 aromatic heterocycles. The topological polar surface area (TPSA) is 41.6 Å². The van der Waals surface area contributed by atoms with Crippen LogP contribution in [0.15, 0.2) is 0 Å². The standard InChI is InChI=1S/C9H18N2O2/c1-10-8-5-3-4-6-11(7-8)9(12)13-2/h8,10H,3-7H2,1-2H3. The summed E-state index contributed by atoms with van der Waals surface area (Å²) < 4.78 is 4.70. The van der Waals surface area contributed by atoms with Gasteiger partial charge in [0.2, 0.25) is 0 Å². The Hall–Kier alpha value is -0.770. The molecule has 1 atom stereocenters. The molecule has 1 rings (SSSR count). The van der Waals surface area contributed by atoms with Crippen LogP contribution in [0.3, 0.4) is 0 Å². The van der Waals surface area contributed by atoms with Crippen LogP contribution in [0.25, 0.3) is 0 Å². The van der Waals surface area contributed by atoms with Gasteiger partial charge in [0.25, 0.3) is 0 Å². The van der Waals surface area contributed by atoms with Crippen LogP contribution in [0.4, 0.5) is 4.79 Å². The molecule has 4 nitrogen and oxygen atoms in total. The van der Waals surface area contributed by atoms with Gasteiger partial charge in [-0.15, -0.1) is 0 Å². The fraction of sp³-hybridized carbons (Fsp3) is 0.889. The maximum absolute atomic E-state index is 11.3. The van der Waals surface area contributed by atoms with Gasteiger partial charge in [0, 0.05) is 19.1 Å². The van der Waals surface area contributed by atoms with E-state index < -0.39 is 0 Å². The van der Waals surface area contributed by atoms with Gasteiger partial charge in [0.15, 0.2) is 0 Å². The Balaban J connectivity index is 2.48. The lowest BCUT2D eigenvalue weighted by Gasteiger charge is -2.22. The summed E-state index contributed by atoms with van der Waals surface area (Å²) in [7, 11) is 3.37. The quantitative estimate of drug-likeness (QED) is 0.659. The van der Waals surface area contributed by atoms with Gasteiger partial charge in [-0.05, 0) is 19.9 Å². The summed E-state index contributed by atoms with van der Waals surface area (Å²) in [5.41, 5.74) is 0. The number of nitrogens with one attached hydrogen (secondary N) is 1. The molecule has 0 spiro atoms. The first-order valence-corrected chi connectivity index (χ1v) is 4.78. The third-order valence-electron chi connectivity index (χ3n) is 2.51. The van der Waals surface area contributed by atoms with E-state index in [1.165, 1.54) is 13.5 Å². The molecule has 1 aliphatic heterocycles. The second-order valence-corrected chi connectivity index (χ2v) is 3.40. The zero-order valence-electron chi connectivity index (χ0n) is 8.38. The first-order chi connectivity index (χ1) is 6.27. The molecule has 1 aliphatic rings. The third kappa shape index (κ3) is 2.88. The van der Waals surface area contributed by atoms with E-state index in [9.17, 15) is 4.79 Å². The monoisotopic (exact) mass is 186 g/mol. The second kappa shape index (κ2) is 5.07. The first-order valence-electron chi connectivity index (χ1n) is 4.78. The third-order valence-corrected chi connectivity index (χ3v) is 2.51. The predicted molar refractivity (Wildman–Crippen MR) is 50.7 cm³/mol. The highest BCUT2D eigenvalue weighted by Gasteiger charge is 2.20. The number of nitrogens with zero attached hydrogens (tertiary/aromatic N) is 1. The maximum atomic E-state index is 11.3. The van der Waals surface area contributed by atoms with Crippen LogP contribution in [0.1, 0.15) is 19.3 Å². The molecule has 0 radical (unpaired) electrons. The number of hydrogen-bond donors (Lipinski definition) is 1. The summed E-state index contributed by atoms with van der Waals surface area (Å²) in [5.74, 6) is 0. The number of hydrogen-bond acceptors (Lipinski definition) is 3. The van der Waals surface area contributed by atoms with Crippen molar-refractivity contribution < 1.29 is 9.53 Å². The fourth-order valence-corrected chi connectivity index (χ4v) is 1.67. The molecule has 4 heteroatoms. The SMILES string of the molecule is CNC1CCCCN(C(=O)OC)C1. The van der Waals surface area contributed by atoms with Crippen LogP contribution in [0.5, 0.6) is 0 Å². The summed E-state index contributed by atoms with van der Waals surface area (Å²) in [5, 5.41) is 3.20. The highest BCUT2D eigenvalue weighted by molar-refractivity contribution is 5.67. The Bertz CT molecular complexity index is 173. The van der Waals surface area contributed by atoms with Crippen molar-refractivity contribution in [2.75, 3.05) is 27.2 Å². The summed E-state index contributed by atoms with van der Waals surface area (Å²) in [6, 6.07) is 0.418. The molecule has 1 unspecified atom stereocenters. The molecule has 1 fully saturated rings. The molecular formula is C9H18N2O2. The Morgan fingerprint density at radius 3 is 2.92 bits per heavy atom. The Kier molecular flexibility index (Phi) is 4.02. The second-order valence-electron chi connectivity index (χ2n) is 3.40. The number of likely N-dealkylation sites (tertiary alicyclic amines) is 1. The maximum Gasteiger partial charge on any atom is 0.409 e. The first kappa shape index (κ1) is 10.3. The molecule has 1 heterocycles. The number of carbonyl (C=O) groups excluding carboxylic acids is 1. The number of likely N-dealkylation sites (N-methyl/N-ethyl adjacent to an activating group) is 1. The highest BCUT2D eigenvalue weighted by Crippen LogP contribution is 2.10. The van der Waals surface area contributed by atoms with E-state index >= 15 is 0 Å².